The van der Waals surface area contributed by atoms with E-state index in [2.05, 4.69) is 53.0 Å². The zero-order chi connectivity index (χ0) is 13.8. The first kappa shape index (κ1) is 14.7. The average Bonchev–Trinajstić information content (AvgIpc) is 2.70. The lowest BCUT2D eigenvalue weighted by atomic mass is 9.96. The van der Waals surface area contributed by atoms with Crippen molar-refractivity contribution in [2.75, 3.05) is 6.54 Å². The third-order valence-electron chi connectivity index (χ3n) is 3.34. The molecule has 0 saturated heterocycles. The van der Waals surface area contributed by atoms with Crippen molar-refractivity contribution < 1.29 is 0 Å². The summed E-state index contributed by atoms with van der Waals surface area (Å²) >= 11 is 5.40. The Morgan fingerprint density at radius 3 is 2.58 bits per heavy atom. The molecule has 2 rings (SSSR count). The zero-order valence-electron chi connectivity index (χ0n) is 11.3. The minimum Gasteiger partial charge on any atom is -0.330 e. The summed E-state index contributed by atoms with van der Waals surface area (Å²) in [5.41, 5.74) is 8.40. The molecule has 0 bridgehead atoms. The number of hydrogen-bond donors (Lipinski definition) is 1. The summed E-state index contributed by atoms with van der Waals surface area (Å²) in [6, 6.07) is 8.36. The number of halogens is 1. The lowest BCUT2D eigenvalue weighted by Crippen LogP contribution is -2.19. The molecule has 2 aromatic rings. The van der Waals surface area contributed by atoms with Gasteiger partial charge >= 0.3 is 0 Å². The van der Waals surface area contributed by atoms with Crippen LogP contribution >= 0.6 is 27.3 Å². The van der Waals surface area contributed by atoms with Crippen molar-refractivity contribution in [3.8, 4) is 0 Å². The number of aryl methyl sites for hydroxylation is 2. The second-order valence-electron chi connectivity index (χ2n) is 4.85. The molecule has 1 atom stereocenters. The highest BCUT2D eigenvalue weighted by atomic mass is 79.9. The first-order valence-corrected chi connectivity index (χ1v) is 8.07. The second-order valence-corrected chi connectivity index (χ2v) is 6.99. The zero-order valence-corrected chi connectivity index (χ0v) is 13.7. The van der Waals surface area contributed by atoms with E-state index in [0.29, 0.717) is 12.5 Å². The number of rotatable bonds is 5. The van der Waals surface area contributed by atoms with E-state index in [1.165, 1.54) is 19.9 Å². The van der Waals surface area contributed by atoms with Crippen LogP contribution in [-0.4, -0.2) is 11.5 Å². The molecule has 0 aliphatic carbocycles. The van der Waals surface area contributed by atoms with Gasteiger partial charge in [0.25, 0.3) is 0 Å². The van der Waals surface area contributed by atoms with E-state index in [9.17, 15) is 0 Å². The fourth-order valence-corrected chi connectivity index (χ4v) is 3.58. The van der Waals surface area contributed by atoms with Crippen LogP contribution < -0.4 is 5.73 Å². The molecule has 0 saturated carbocycles. The normalized spacial score (nSPS) is 12.6. The molecule has 0 amide bonds. The predicted octanol–water partition coefficient (Wildman–Crippen LogP) is 3.88. The van der Waals surface area contributed by atoms with Crippen molar-refractivity contribution in [3.63, 3.8) is 0 Å². The highest BCUT2D eigenvalue weighted by molar-refractivity contribution is 9.10. The molecule has 1 heterocycles. The summed E-state index contributed by atoms with van der Waals surface area (Å²) in [6.45, 7) is 4.89. The topological polar surface area (TPSA) is 38.9 Å². The quantitative estimate of drug-likeness (QED) is 0.898. The summed E-state index contributed by atoms with van der Waals surface area (Å²) in [7, 11) is 0. The molecule has 2 nitrogen and oxygen atoms in total. The van der Waals surface area contributed by atoms with E-state index in [1.807, 2.05) is 6.07 Å². The summed E-state index contributed by atoms with van der Waals surface area (Å²) in [5.74, 6) is 0.448. The summed E-state index contributed by atoms with van der Waals surface area (Å²) in [4.78, 5) is 5.92. The number of nitrogens with zero attached hydrogens (tertiary/aromatic N) is 1. The molecule has 102 valence electrons. The number of hydrogen-bond acceptors (Lipinski definition) is 3. The van der Waals surface area contributed by atoms with Crippen LogP contribution in [-0.2, 0) is 12.8 Å². The third-order valence-corrected chi connectivity index (χ3v) is 5.20. The maximum absolute atomic E-state index is 5.92. The Bertz CT molecular complexity index is 531. The molecule has 0 radical (unpaired) electrons. The largest absolute Gasteiger partial charge is 0.330 e. The van der Waals surface area contributed by atoms with Crippen LogP contribution in [0.1, 0.15) is 21.1 Å². The van der Waals surface area contributed by atoms with Crippen molar-refractivity contribution in [3.05, 3.63) is 49.9 Å². The van der Waals surface area contributed by atoms with E-state index in [0.717, 1.165) is 18.5 Å². The van der Waals surface area contributed by atoms with Gasteiger partial charge in [-0.3, -0.25) is 0 Å². The second kappa shape index (κ2) is 6.64. The molecular weight excluding hydrogens is 320 g/mol. The van der Waals surface area contributed by atoms with Gasteiger partial charge in [0.2, 0.25) is 0 Å². The number of aromatic nitrogens is 1. The molecule has 1 unspecified atom stereocenters. The third kappa shape index (κ3) is 3.88. The minimum atomic E-state index is 0.448. The molecule has 1 aromatic carbocycles. The lowest BCUT2D eigenvalue weighted by Gasteiger charge is -2.14. The van der Waals surface area contributed by atoms with Crippen LogP contribution in [0.4, 0.5) is 0 Å². The van der Waals surface area contributed by atoms with E-state index >= 15 is 0 Å². The fraction of sp³-hybridized carbons (Fsp3) is 0.400. The Labute approximate surface area is 127 Å². The van der Waals surface area contributed by atoms with Crippen LogP contribution in [0, 0.1) is 19.8 Å². The van der Waals surface area contributed by atoms with Crippen molar-refractivity contribution >= 4 is 27.3 Å². The fourth-order valence-electron chi connectivity index (χ4n) is 2.09. The standard InChI is InChI=1S/C15H19BrN2S/c1-10-11(2)19-15(18-10)8-12(9-17)7-13-5-3-4-6-14(13)16/h3-6,12H,7-9,17H2,1-2H3. The number of benzene rings is 1. The van der Waals surface area contributed by atoms with Crippen molar-refractivity contribution in [2.45, 2.75) is 26.7 Å². The van der Waals surface area contributed by atoms with Crippen molar-refractivity contribution in [1.82, 2.24) is 4.98 Å². The van der Waals surface area contributed by atoms with E-state index in [-0.39, 0.29) is 0 Å². The lowest BCUT2D eigenvalue weighted by molar-refractivity contribution is 0.531. The number of thiazole rings is 1. The molecule has 0 fully saturated rings. The minimum absolute atomic E-state index is 0.448. The summed E-state index contributed by atoms with van der Waals surface area (Å²) < 4.78 is 1.17. The van der Waals surface area contributed by atoms with Gasteiger partial charge in [0.1, 0.15) is 0 Å². The smallest absolute Gasteiger partial charge is 0.0934 e. The SMILES string of the molecule is Cc1nc(CC(CN)Cc2ccccc2Br)sc1C. The van der Waals surface area contributed by atoms with Gasteiger partial charge in [0.05, 0.1) is 10.7 Å². The van der Waals surface area contributed by atoms with Gasteiger partial charge in [0, 0.05) is 15.8 Å². The van der Waals surface area contributed by atoms with E-state index in [4.69, 9.17) is 5.73 Å². The first-order chi connectivity index (χ1) is 9.10. The van der Waals surface area contributed by atoms with E-state index < -0.39 is 0 Å². The Morgan fingerprint density at radius 2 is 2.00 bits per heavy atom. The predicted molar refractivity (Wildman–Crippen MR) is 85.7 cm³/mol. The summed E-state index contributed by atoms with van der Waals surface area (Å²) in [6.07, 6.45) is 1.97. The van der Waals surface area contributed by atoms with Gasteiger partial charge in [0.15, 0.2) is 0 Å². The van der Waals surface area contributed by atoms with Crippen LogP contribution in [0.15, 0.2) is 28.7 Å². The molecule has 0 aliphatic rings. The molecule has 2 N–H and O–H groups in total. The average molecular weight is 339 g/mol. The summed E-state index contributed by atoms with van der Waals surface area (Å²) in [5, 5.41) is 1.21. The molecular formula is C15H19BrN2S. The Morgan fingerprint density at radius 1 is 1.26 bits per heavy atom. The maximum atomic E-state index is 5.92. The first-order valence-electron chi connectivity index (χ1n) is 6.46. The van der Waals surface area contributed by atoms with Crippen molar-refractivity contribution in [2.24, 2.45) is 11.7 Å². The molecule has 4 heteroatoms. The molecule has 0 spiro atoms. The van der Waals surface area contributed by atoms with Crippen LogP contribution in [0.3, 0.4) is 0 Å². The van der Waals surface area contributed by atoms with Gasteiger partial charge in [-0.2, -0.15) is 0 Å². The van der Waals surface area contributed by atoms with Crippen LogP contribution in [0.5, 0.6) is 0 Å². The van der Waals surface area contributed by atoms with E-state index in [1.54, 1.807) is 11.3 Å². The highest BCUT2D eigenvalue weighted by Crippen LogP contribution is 2.24. The van der Waals surface area contributed by atoms with Crippen molar-refractivity contribution in [1.29, 1.82) is 0 Å². The van der Waals surface area contributed by atoms with Gasteiger partial charge in [-0.15, -0.1) is 11.3 Å². The monoisotopic (exact) mass is 338 g/mol. The number of nitrogens with two attached hydrogens (primary N) is 1. The maximum Gasteiger partial charge on any atom is 0.0934 e. The van der Waals surface area contributed by atoms with Crippen LogP contribution in [0.25, 0.3) is 0 Å². The molecule has 0 aliphatic heterocycles. The van der Waals surface area contributed by atoms with Gasteiger partial charge in [-0.25, -0.2) is 4.98 Å². The Kier molecular flexibility index (Phi) is 5.13. The Balaban J connectivity index is 2.07. The highest BCUT2D eigenvalue weighted by Gasteiger charge is 2.13. The van der Waals surface area contributed by atoms with Crippen LogP contribution in [0.2, 0.25) is 0 Å². The molecule has 1 aromatic heterocycles. The Hall–Kier alpha value is -0.710. The van der Waals surface area contributed by atoms with Gasteiger partial charge < -0.3 is 5.73 Å². The van der Waals surface area contributed by atoms with Gasteiger partial charge in [-0.1, -0.05) is 34.1 Å². The van der Waals surface area contributed by atoms with Gasteiger partial charge in [-0.05, 0) is 44.4 Å². The molecule has 19 heavy (non-hydrogen) atoms.